The minimum absolute atomic E-state index is 0.386. The Labute approximate surface area is 135 Å². The largest absolute Gasteiger partial charge is 0.362 e. The predicted molar refractivity (Wildman–Crippen MR) is 92.9 cm³/mol. The van der Waals surface area contributed by atoms with Crippen LogP contribution in [-0.2, 0) is 0 Å². The van der Waals surface area contributed by atoms with Crippen LogP contribution < -0.4 is 10.2 Å². The third-order valence-electron chi connectivity index (χ3n) is 4.18. The number of rotatable bonds is 2. The van der Waals surface area contributed by atoms with Crippen LogP contribution >= 0.6 is 15.9 Å². The molecule has 3 rings (SSSR count). The molecule has 21 heavy (non-hydrogen) atoms. The van der Waals surface area contributed by atoms with E-state index in [4.69, 9.17) is 0 Å². The Morgan fingerprint density at radius 2 is 1.90 bits per heavy atom. The normalized spacial score (nSPS) is 22.3. The third-order valence-corrected chi connectivity index (χ3v) is 5.03. The van der Waals surface area contributed by atoms with E-state index in [0.29, 0.717) is 12.1 Å². The number of aryl methyl sites for hydroxylation is 1. The molecule has 2 nitrogen and oxygen atoms in total. The average Bonchev–Trinajstić information content (AvgIpc) is 2.51. The number of hydrogen-bond donors (Lipinski definition) is 1. The van der Waals surface area contributed by atoms with Crippen molar-refractivity contribution in [1.82, 2.24) is 5.32 Å². The van der Waals surface area contributed by atoms with Crippen molar-refractivity contribution in [3.8, 4) is 0 Å². The fourth-order valence-electron chi connectivity index (χ4n) is 2.93. The topological polar surface area (TPSA) is 15.3 Å². The molecule has 110 valence electrons. The molecule has 0 aromatic heterocycles. The van der Waals surface area contributed by atoms with E-state index in [9.17, 15) is 0 Å². The lowest BCUT2D eigenvalue weighted by Gasteiger charge is -2.41. The molecule has 0 spiro atoms. The second kappa shape index (κ2) is 6.20. The molecule has 1 heterocycles. The van der Waals surface area contributed by atoms with Gasteiger partial charge in [-0.25, -0.2) is 0 Å². The molecular weight excluding hydrogens is 324 g/mol. The van der Waals surface area contributed by atoms with Gasteiger partial charge < -0.3 is 10.2 Å². The molecular formula is C18H21BrN2. The summed E-state index contributed by atoms with van der Waals surface area (Å²) in [7, 11) is 0. The van der Waals surface area contributed by atoms with Gasteiger partial charge in [0.05, 0.1) is 6.04 Å². The molecule has 0 radical (unpaired) electrons. The van der Waals surface area contributed by atoms with E-state index in [0.717, 1.165) is 13.1 Å². The van der Waals surface area contributed by atoms with Crippen LogP contribution in [0.15, 0.2) is 53.0 Å². The summed E-state index contributed by atoms with van der Waals surface area (Å²) in [5, 5.41) is 3.60. The lowest BCUT2D eigenvalue weighted by Crippen LogP contribution is -2.51. The van der Waals surface area contributed by atoms with E-state index in [1.54, 1.807) is 0 Å². The SMILES string of the molecule is Cc1ccc(N2CC(C)NCC2c2ccccc2)cc1Br. The van der Waals surface area contributed by atoms with Gasteiger partial charge in [0, 0.05) is 29.3 Å². The summed E-state index contributed by atoms with van der Waals surface area (Å²) in [4.78, 5) is 2.51. The van der Waals surface area contributed by atoms with E-state index in [1.165, 1.54) is 21.3 Å². The van der Waals surface area contributed by atoms with Crippen molar-refractivity contribution in [3.63, 3.8) is 0 Å². The van der Waals surface area contributed by atoms with Crippen LogP contribution in [0, 0.1) is 6.92 Å². The summed E-state index contributed by atoms with van der Waals surface area (Å²) in [5.74, 6) is 0. The van der Waals surface area contributed by atoms with Crippen molar-refractivity contribution in [3.05, 3.63) is 64.1 Å². The van der Waals surface area contributed by atoms with Crippen LogP contribution in [0.25, 0.3) is 0 Å². The quantitative estimate of drug-likeness (QED) is 0.873. The maximum Gasteiger partial charge on any atom is 0.0667 e. The van der Waals surface area contributed by atoms with Crippen molar-refractivity contribution >= 4 is 21.6 Å². The molecule has 1 aliphatic heterocycles. The van der Waals surface area contributed by atoms with Crippen LogP contribution in [0.1, 0.15) is 24.1 Å². The van der Waals surface area contributed by atoms with Crippen molar-refractivity contribution in [1.29, 1.82) is 0 Å². The number of hydrogen-bond acceptors (Lipinski definition) is 2. The summed E-state index contributed by atoms with van der Waals surface area (Å²) in [6.07, 6.45) is 0. The van der Waals surface area contributed by atoms with Crippen molar-refractivity contribution in [2.75, 3.05) is 18.0 Å². The fourth-order valence-corrected chi connectivity index (χ4v) is 3.30. The average molecular weight is 345 g/mol. The van der Waals surface area contributed by atoms with Gasteiger partial charge in [-0.2, -0.15) is 0 Å². The van der Waals surface area contributed by atoms with E-state index in [1.807, 2.05) is 0 Å². The van der Waals surface area contributed by atoms with Crippen LogP contribution in [0.4, 0.5) is 5.69 Å². The smallest absolute Gasteiger partial charge is 0.0667 e. The van der Waals surface area contributed by atoms with E-state index >= 15 is 0 Å². The minimum atomic E-state index is 0.386. The highest BCUT2D eigenvalue weighted by molar-refractivity contribution is 9.10. The molecule has 2 atom stereocenters. The number of nitrogens with one attached hydrogen (secondary N) is 1. The molecule has 2 aromatic rings. The van der Waals surface area contributed by atoms with E-state index in [2.05, 4.69) is 88.5 Å². The number of anilines is 1. The molecule has 3 heteroatoms. The van der Waals surface area contributed by atoms with Gasteiger partial charge in [0.15, 0.2) is 0 Å². The summed E-state index contributed by atoms with van der Waals surface area (Å²) in [6.45, 7) is 6.38. The monoisotopic (exact) mass is 344 g/mol. The predicted octanol–water partition coefficient (Wildman–Crippen LogP) is 4.30. The van der Waals surface area contributed by atoms with Crippen LogP contribution in [-0.4, -0.2) is 19.1 Å². The fraction of sp³-hybridized carbons (Fsp3) is 0.333. The first-order chi connectivity index (χ1) is 10.1. The number of piperazine rings is 1. The van der Waals surface area contributed by atoms with Gasteiger partial charge in [-0.1, -0.05) is 52.3 Å². The lowest BCUT2D eigenvalue weighted by atomic mass is 10.0. The van der Waals surface area contributed by atoms with Gasteiger partial charge in [0.25, 0.3) is 0 Å². The maximum atomic E-state index is 3.66. The van der Waals surface area contributed by atoms with Crippen molar-refractivity contribution in [2.45, 2.75) is 25.9 Å². The van der Waals surface area contributed by atoms with Gasteiger partial charge >= 0.3 is 0 Å². The Hall–Kier alpha value is -1.32. The Kier molecular flexibility index (Phi) is 4.32. The van der Waals surface area contributed by atoms with Gasteiger partial charge in [-0.05, 0) is 37.1 Å². The molecule has 1 saturated heterocycles. The number of halogens is 1. The molecule has 1 fully saturated rings. The minimum Gasteiger partial charge on any atom is -0.362 e. The first-order valence-corrected chi connectivity index (χ1v) is 8.25. The van der Waals surface area contributed by atoms with E-state index < -0.39 is 0 Å². The molecule has 0 bridgehead atoms. The van der Waals surface area contributed by atoms with Crippen LogP contribution in [0.5, 0.6) is 0 Å². The Morgan fingerprint density at radius 3 is 2.62 bits per heavy atom. The van der Waals surface area contributed by atoms with Gasteiger partial charge in [-0.3, -0.25) is 0 Å². The first kappa shape index (κ1) is 14.6. The summed E-state index contributed by atoms with van der Waals surface area (Å²) < 4.78 is 1.18. The molecule has 0 saturated carbocycles. The van der Waals surface area contributed by atoms with Crippen molar-refractivity contribution < 1.29 is 0 Å². The molecule has 2 unspecified atom stereocenters. The second-order valence-corrected chi connectivity index (χ2v) is 6.68. The zero-order valence-corrected chi connectivity index (χ0v) is 14.1. The molecule has 1 aliphatic rings. The Bertz CT molecular complexity index is 612. The Morgan fingerprint density at radius 1 is 1.14 bits per heavy atom. The summed E-state index contributed by atoms with van der Waals surface area (Å²) in [5.41, 5.74) is 3.93. The molecule has 0 amide bonds. The van der Waals surface area contributed by atoms with Gasteiger partial charge in [0.2, 0.25) is 0 Å². The third kappa shape index (κ3) is 3.14. The summed E-state index contributed by atoms with van der Waals surface area (Å²) >= 11 is 3.66. The second-order valence-electron chi connectivity index (χ2n) is 5.82. The molecule has 2 aromatic carbocycles. The molecule has 0 aliphatic carbocycles. The highest BCUT2D eigenvalue weighted by atomic mass is 79.9. The van der Waals surface area contributed by atoms with Gasteiger partial charge in [-0.15, -0.1) is 0 Å². The Balaban J connectivity index is 1.96. The number of benzene rings is 2. The van der Waals surface area contributed by atoms with E-state index in [-0.39, 0.29) is 0 Å². The van der Waals surface area contributed by atoms with Crippen molar-refractivity contribution in [2.24, 2.45) is 0 Å². The van der Waals surface area contributed by atoms with Crippen LogP contribution in [0.2, 0.25) is 0 Å². The maximum absolute atomic E-state index is 3.66. The standard InChI is InChI=1S/C18H21BrN2/c1-13-8-9-16(10-17(13)19)21-12-14(2)20-11-18(21)15-6-4-3-5-7-15/h3-10,14,18,20H,11-12H2,1-2H3. The number of nitrogens with zero attached hydrogens (tertiary/aromatic N) is 1. The zero-order valence-electron chi connectivity index (χ0n) is 12.5. The molecule has 1 N–H and O–H groups in total. The van der Waals surface area contributed by atoms with Crippen LogP contribution in [0.3, 0.4) is 0 Å². The highest BCUT2D eigenvalue weighted by Gasteiger charge is 2.27. The highest BCUT2D eigenvalue weighted by Crippen LogP contribution is 2.32. The van der Waals surface area contributed by atoms with Gasteiger partial charge in [0.1, 0.15) is 0 Å². The summed E-state index contributed by atoms with van der Waals surface area (Å²) in [6, 6.07) is 18.3. The zero-order chi connectivity index (χ0) is 14.8. The lowest BCUT2D eigenvalue weighted by molar-refractivity contribution is 0.416. The first-order valence-electron chi connectivity index (χ1n) is 7.46.